The number of aromatic nitrogens is 4. The van der Waals surface area contributed by atoms with Crippen LogP contribution >= 0.6 is 11.3 Å². The van der Waals surface area contributed by atoms with Gasteiger partial charge in [0.05, 0.1) is 28.6 Å². The molecule has 164 valence electrons. The molecule has 4 aromatic rings. The Morgan fingerprint density at radius 2 is 2.00 bits per heavy atom. The van der Waals surface area contributed by atoms with E-state index in [-0.39, 0.29) is 16.6 Å². The number of fused-ring (bicyclic) bond motifs is 1. The van der Waals surface area contributed by atoms with Crippen molar-refractivity contribution < 1.29 is 4.79 Å². The van der Waals surface area contributed by atoms with Gasteiger partial charge < -0.3 is 15.5 Å². The molecule has 1 saturated heterocycles. The van der Waals surface area contributed by atoms with Gasteiger partial charge in [-0.05, 0) is 30.7 Å². The number of carbonyl (C=O) groups is 1. The van der Waals surface area contributed by atoms with Crippen LogP contribution in [0.4, 0.5) is 11.4 Å². The zero-order valence-corrected chi connectivity index (χ0v) is 18.6. The average molecular weight is 450 g/mol. The number of nitrogens with one attached hydrogen (secondary N) is 2. The Balaban J connectivity index is 1.44. The molecule has 4 heterocycles. The number of hydrogen-bond acceptors (Lipinski definition) is 7. The molecular weight excluding hydrogens is 426 g/mol. The number of amides is 1. The summed E-state index contributed by atoms with van der Waals surface area (Å²) in [5.74, 6) is 0.114. The van der Waals surface area contributed by atoms with Crippen LogP contribution in [0, 0.1) is 6.92 Å². The van der Waals surface area contributed by atoms with Crippen molar-refractivity contribution in [3.8, 4) is 5.82 Å². The largest absolute Gasteiger partial charge is 0.367 e. The summed E-state index contributed by atoms with van der Waals surface area (Å²) in [5.41, 5.74) is 4.04. The summed E-state index contributed by atoms with van der Waals surface area (Å²) >= 11 is 1.21. The zero-order valence-electron chi connectivity index (χ0n) is 17.8. The smallest absolute Gasteiger partial charge is 0.334 e. The summed E-state index contributed by atoms with van der Waals surface area (Å²) < 4.78 is 3.13. The van der Waals surface area contributed by atoms with E-state index in [1.807, 2.05) is 31.2 Å². The van der Waals surface area contributed by atoms with Gasteiger partial charge in [-0.2, -0.15) is 0 Å². The van der Waals surface area contributed by atoms with Gasteiger partial charge in [0.1, 0.15) is 0 Å². The van der Waals surface area contributed by atoms with Gasteiger partial charge in [0.2, 0.25) is 0 Å². The number of imidazole rings is 1. The predicted octanol–water partition coefficient (Wildman–Crippen LogP) is 2.15. The molecule has 1 aromatic carbocycles. The van der Waals surface area contributed by atoms with E-state index in [1.54, 1.807) is 29.4 Å². The monoisotopic (exact) mass is 449 g/mol. The van der Waals surface area contributed by atoms with Gasteiger partial charge in [-0.25, -0.2) is 14.3 Å². The standard InChI is InChI=1S/C22H23N7O2S/c1-14-3-4-17-18(11-14)27(2)22(31)29(17)19-13-32-21(26-19)20(30)25-15-12-24-6-5-16(15)28-9-7-23-8-10-28/h3-6,11-13,23H,7-10H2,1-2H3,(H,25,30). The van der Waals surface area contributed by atoms with Crippen molar-refractivity contribution in [3.05, 3.63) is 63.1 Å². The van der Waals surface area contributed by atoms with Crippen molar-refractivity contribution in [2.45, 2.75) is 6.92 Å². The molecule has 1 amide bonds. The quantitative estimate of drug-likeness (QED) is 0.496. The van der Waals surface area contributed by atoms with Crippen molar-refractivity contribution in [3.63, 3.8) is 0 Å². The number of benzene rings is 1. The van der Waals surface area contributed by atoms with Crippen LogP contribution < -0.4 is 21.2 Å². The van der Waals surface area contributed by atoms with E-state index in [9.17, 15) is 9.59 Å². The van der Waals surface area contributed by atoms with E-state index >= 15 is 0 Å². The number of anilines is 2. The maximum atomic E-state index is 13.0. The molecule has 0 bridgehead atoms. The van der Waals surface area contributed by atoms with E-state index in [2.05, 4.69) is 25.5 Å². The summed E-state index contributed by atoms with van der Waals surface area (Å²) in [4.78, 5) is 36.7. The summed E-state index contributed by atoms with van der Waals surface area (Å²) in [7, 11) is 1.74. The Labute approximate surface area is 188 Å². The van der Waals surface area contributed by atoms with Gasteiger partial charge in [-0.1, -0.05) is 6.07 Å². The number of pyridine rings is 1. The highest BCUT2D eigenvalue weighted by Gasteiger charge is 2.20. The second kappa shape index (κ2) is 8.21. The highest BCUT2D eigenvalue weighted by molar-refractivity contribution is 7.12. The van der Waals surface area contributed by atoms with E-state index in [1.165, 1.54) is 15.9 Å². The van der Waals surface area contributed by atoms with Gasteiger partial charge in [-0.15, -0.1) is 11.3 Å². The molecule has 32 heavy (non-hydrogen) atoms. The average Bonchev–Trinajstić information content (AvgIpc) is 3.38. The van der Waals surface area contributed by atoms with Crippen molar-refractivity contribution >= 4 is 39.7 Å². The van der Waals surface area contributed by atoms with Crippen LogP contribution in [0.5, 0.6) is 0 Å². The number of piperazine rings is 1. The summed E-state index contributed by atoms with van der Waals surface area (Å²) in [6.45, 7) is 5.49. The van der Waals surface area contributed by atoms with Gasteiger partial charge in [0.15, 0.2) is 10.8 Å². The third-order valence-electron chi connectivity index (χ3n) is 5.63. The second-order valence-electron chi connectivity index (χ2n) is 7.76. The van der Waals surface area contributed by atoms with Crippen molar-refractivity contribution in [2.75, 3.05) is 36.4 Å². The van der Waals surface area contributed by atoms with Crippen LogP contribution in [-0.4, -0.2) is 51.2 Å². The van der Waals surface area contributed by atoms with E-state index < -0.39 is 0 Å². The van der Waals surface area contributed by atoms with Crippen LogP contribution in [0.1, 0.15) is 15.4 Å². The molecule has 9 nitrogen and oxygen atoms in total. The molecule has 1 fully saturated rings. The molecular formula is C22H23N7O2S. The Morgan fingerprint density at radius 3 is 2.81 bits per heavy atom. The fourth-order valence-electron chi connectivity index (χ4n) is 3.98. The van der Waals surface area contributed by atoms with Crippen molar-refractivity contribution in [1.29, 1.82) is 0 Å². The fourth-order valence-corrected chi connectivity index (χ4v) is 4.66. The van der Waals surface area contributed by atoms with Crippen LogP contribution in [0.3, 0.4) is 0 Å². The zero-order chi connectivity index (χ0) is 22.2. The maximum absolute atomic E-state index is 13.0. The molecule has 1 aliphatic heterocycles. The molecule has 0 spiro atoms. The van der Waals surface area contributed by atoms with Crippen LogP contribution in [-0.2, 0) is 7.05 Å². The Hall–Kier alpha value is -3.50. The molecule has 1 aliphatic rings. The first kappa shape index (κ1) is 20.4. The first-order chi connectivity index (χ1) is 15.5. The second-order valence-corrected chi connectivity index (χ2v) is 8.62. The summed E-state index contributed by atoms with van der Waals surface area (Å²) in [6.07, 6.45) is 3.38. The number of carbonyl (C=O) groups excluding carboxylic acids is 1. The normalized spacial score (nSPS) is 14.1. The van der Waals surface area contributed by atoms with Crippen LogP contribution in [0.2, 0.25) is 0 Å². The molecule has 0 atom stereocenters. The topological polar surface area (TPSA) is 97.1 Å². The third kappa shape index (κ3) is 3.57. The first-order valence-electron chi connectivity index (χ1n) is 10.4. The lowest BCUT2D eigenvalue weighted by Gasteiger charge is -2.30. The molecule has 0 radical (unpaired) electrons. The SMILES string of the molecule is Cc1ccc2c(c1)n(C)c(=O)n2-c1csc(C(=O)Nc2cnccc2N2CCNCC2)n1. The summed E-state index contributed by atoms with van der Waals surface area (Å²) in [5, 5.41) is 8.29. The third-order valence-corrected chi connectivity index (χ3v) is 6.46. The van der Waals surface area contributed by atoms with Gasteiger partial charge in [0.25, 0.3) is 5.91 Å². The maximum Gasteiger partial charge on any atom is 0.334 e. The lowest BCUT2D eigenvalue weighted by atomic mass is 10.2. The van der Waals surface area contributed by atoms with Gasteiger partial charge in [0, 0.05) is 44.8 Å². The highest BCUT2D eigenvalue weighted by Crippen LogP contribution is 2.26. The Morgan fingerprint density at radius 1 is 1.19 bits per heavy atom. The number of hydrogen-bond donors (Lipinski definition) is 2. The minimum atomic E-state index is -0.324. The predicted molar refractivity (Wildman–Crippen MR) is 126 cm³/mol. The molecule has 10 heteroatoms. The first-order valence-corrected chi connectivity index (χ1v) is 11.3. The van der Waals surface area contributed by atoms with Gasteiger partial charge in [-0.3, -0.25) is 14.3 Å². The number of aryl methyl sites for hydroxylation is 2. The molecule has 5 rings (SSSR count). The number of thiazole rings is 1. The molecule has 0 unspecified atom stereocenters. The highest BCUT2D eigenvalue weighted by atomic mass is 32.1. The fraction of sp³-hybridized carbons (Fsp3) is 0.273. The molecule has 0 aliphatic carbocycles. The molecule has 0 saturated carbocycles. The number of nitrogens with zero attached hydrogens (tertiary/aromatic N) is 5. The molecule has 3 aromatic heterocycles. The Kier molecular flexibility index (Phi) is 5.24. The Bertz CT molecular complexity index is 1360. The minimum absolute atomic E-state index is 0.198. The van der Waals surface area contributed by atoms with E-state index in [0.29, 0.717) is 11.5 Å². The van der Waals surface area contributed by atoms with E-state index in [4.69, 9.17) is 0 Å². The van der Waals surface area contributed by atoms with Crippen LogP contribution in [0.25, 0.3) is 16.9 Å². The minimum Gasteiger partial charge on any atom is -0.367 e. The number of rotatable bonds is 4. The van der Waals surface area contributed by atoms with Crippen molar-refractivity contribution in [1.82, 2.24) is 24.4 Å². The lowest BCUT2D eigenvalue weighted by Crippen LogP contribution is -2.43. The van der Waals surface area contributed by atoms with Crippen LogP contribution in [0.15, 0.2) is 46.8 Å². The lowest BCUT2D eigenvalue weighted by molar-refractivity contribution is 0.102. The van der Waals surface area contributed by atoms with Gasteiger partial charge >= 0.3 is 5.69 Å². The van der Waals surface area contributed by atoms with Crippen molar-refractivity contribution in [2.24, 2.45) is 7.05 Å². The molecule has 2 N–H and O–H groups in total. The summed E-state index contributed by atoms with van der Waals surface area (Å²) in [6, 6.07) is 7.73. The van der Waals surface area contributed by atoms with E-state index in [0.717, 1.165) is 48.5 Å².